The molecule has 0 saturated carbocycles. The highest BCUT2D eigenvalue weighted by atomic mass is 16.2. The Morgan fingerprint density at radius 3 is 2.12 bits per heavy atom. The van der Waals surface area contributed by atoms with Gasteiger partial charge in [0.25, 0.3) is 5.91 Å². The third-order valence-electron chi connectivity index (χ3n) is 3.55. The predicted molar refractivity (Wildman–Crippen MR) is 96.0 cm³/mol. The molecular weight excluding hydrogens is 302 g/mol. The molecule has 0 atom stereocenters. The maximum atomic E-state index is 12.0. The lowest BCUT2D eigenvalue weighted by atomic mass is 10.1. The number of carbonyl (C=O) groups excluding carboxylic acids is 2. The minimum absolute atomic E-state index is 0.102. The molecule has 126 valence electrons. The molecule has 0 spiro atoms. The molecule has 0 heterocycles. The molecule has 0 aliphatic heterocycles. The summed E-state index contributed by atoms with van der Waals surface area (Å²) in [4.78, 5) is 22.7. The third-order valence-corrected chi connectivity index (χ3v) is 3.55. The van der Waals surface area contributed by atoms with Crippen LogP contribution in [0.3, 0.4) is 0 Å². The Morgan fingerprint density at radius 1 is 0.875 bits per heavy atom. The second kappa shape index (κ2) is 8.72. The van der Waals surface area contributed by atoms with Crippen molar-refractivity contribution in [3.63, 3.8) is 0 Å². The predicted octanol–water partition coefficient (Wildman–Crippen LogP) is 2.47. The molecule has 0 aromatic heterocycles. The normalized spacial score (nSPS) is 10.1. The summed E-state index contributed by atoms with van der Waals surface area (Å²) >= 11 is 0. The first kappa shape index (κ1) is 17.5. The topological polar surface area (TPSA) is 70.2 Å². The second-order valence-electron chi connectivity index (χ2n) is 5.66. The number of nitrogens with one attached hydrogen (secondary N) is 3. The third kappa shape index (κ3) is 5.76. The zero-order chi connectivity index (χ0) is 17.4. The average Bonchev–Trinajstić information content (AvgIpc) is 2.58. The highest BCUT2D eigenvalue weighted by Gasteiger charge is 2.04. The monoisotopic (exact) mass is 325 g/mol. The Balaban J connectivity index is 1.80. The highest BCUT2D eigenvalue weighted by Crippen LogP contribution is 2.11. The summed E-state index contributed by atoms with van der Waals surface area (Å²) in [6.07, 6.45) is 0. The quantitative estimate of drug-likeness (QED) is 0.685. The second-order valence-corrected chi connectivity index (χ2v) is 5.66. The smallest absolute Gasteiger partial charge is 0.251 e. The van der Waals surface area contributed by atoms with E-state index in [1.165, 1.54) is 12.5 Å². The van der Waals surface area contributed by atoms with Gasteiger partial charge >= 0.3 is 0 Å². The maximum absolute atomic E-state index is 12.0. The molecule has 0 unspecified atom stereocenters. The lowest BCUT2D eigenvalue weighted by molar-refractivity contribution is -0.118. The van der Waals surface area contributed by atoms with Crippen LogP contribution < -0.4 is 16.0 Å². The minimum Gasteiger partial charge on any atom is -0.381 e. The summed E-state index contributed by atoms with van der Waals surface area (Å²) in [7, 11) is 0. The molecule has 0 fully saturated rings. The maximum Gasteiger partial charge on any atom is 0.251 e. The number of carbonyl (C=O) groups is 2. The van der Waals surface area contributed by atoms with Gasteiger partial charge in [0.2, 0.25) is 5.91 Å². The molecule has 24 heavy (non-hydrogen) atoms. The van der Waals surface area contributed by atoms with E-state index in [2.05, 4.69) is 35.0 Å². The lowest BCUT2D eigenvalue weighted by Gasteiger charge is -2.09. The summed E-state index contributed by atoms with van der Waals surface area (Å²) in [5, 5.41) is 8.75. The molecule has 3 N–H and O–H groups in total. The summed E-state index contributed by atoms with van der Waals surface area (Å²) in [5.41, 5.74) is 4.01. The molecule has 0 aliphatic rings. The van der Waals surface area contributed by atoms with Crippen molar-refractivity contribution in [2.45, 2.75) is 20.4 Å². The van der Waals surface area contributed by atoms with E-state index >= 15 is 0 Å². The molecular formula is C19H23N3O2. The van der Waals surface area contributed by atoms with Crippen LogP contribution in [-0.4, -0.2) is 24.9 Å². The van der Waals surface area contributed by atoms with Crippen molar-refractivity contribution in [3.8, 4) is 0 Å². The SMILES string of the molecule is CC(=O)NCCNC(=O)c1ccc(CNc2ccc(C)cc2)cc1. The summed E-state index contributed by atoms with van der Waals surface area (Å²) < 4.78 is 0. The molecule has 0 bridgehead atoms. The summed E-state index contributed by atoms with van der Waals surface area (Å²) in [6, 6.07) is 15.7. The van der Waals surface area contributed by atoms with E-state index in [4.69, 9.17) is 0 Å². The van der Waals surface area contributed by atoms with Gasteiger partial charge < -0.3 is 16.0 Å². The number of hydrogen-bond donors (Lipinski definition) is 3. The fourth-order valence-electron chi connectivity index (χ4n) is 2.17. The van der Waals surface area contributed by atoms with Gasteiger partial charge in [-0.05, 0) is 36.8 Å². The summed E-state index contributed by atoms with van der Waals surface area (Å²) in [5.74, 6) is -0.243. The highest BCUT2D eigenvalue weighted by molar-refractivity contribution is 5.94. The van der Waals surface area contributed by atoms with Gasteiger partial charge in [-0.25, -0.2) is 0 Å². The molecule has 0 aliphatic carbocycles. The Kier molecular flexibility index (Phi) is 6.37. The number of rotatable bonds is 7. The van der Waals surface area contributed by atoms with E-state index in [0.29, 0.717) is 25.2 Å². The first-order valence-corrected chi connectivity index (χ1v) is 7.97. The van der Waals surface area contributed by atoms with Crippen LogP contribution in [-0.2, 0) is 11.3 Å². The van der Waals surface area contributed by atoms with Crippen LogP contribution in [0.1, 0.15) is 28.4 Å². The van der Waals surface area contributed by atoms with Crippen LogP contribution in [0, 0.1) is 6.92 Å². The average molecular weight is 325 g/mol. The van der Waals surface area contributed by atoms with Crippen LogP contribution in [0.15, 0.2) is 48.5 Å². The fraction of sp³-hybridized carbons (Fsp3) is 0.263. The number of hydrogen-bond acceptors (Lipinski definition) is 3. The van der Waals surface area contributed by atoms with Crippen LogP contribution in [0.5, 0.6) is 0 Å². The van der Waals surface area contributed by atoms with Crippen LogP contribution in [0.2, 0.25) is 0 Å². The Hall–Kier alpha value is -2.82. The standard InChI is InChI=1S/C19H23N3O2/c1-14-3-9-18(10-4-14)22-13-16-5-7-17(8-6-16)19(24)21-12-11-20-15(2)23/h3-10,22H,11-13H2,1-2H3,(H,20,23)(H,21,24). The van der Waals surface area contributed by atoms with E-state index in [9.17, 15) is 9.59 Å². The Morgan fingerprint density at radius 2 is 1.50 bits per heavy atom. The van der Waals surface area contributed by atoms with Crippen molar-refractivity contribution in [1.82, 2.24) is 10.6 Å². The van der Waals surface area contributed by atoms with E-state index in [-0.39, 0.29) is 11.8 Å². The first-order valence-electron chi connectivity index (χ1n) is 7.97. The number of benzene rings is 2. The van der Waals surface area contributed by atoms with Crippen molar-refractivity contribution in [2.24, 2.45) is 0 Å². The molecule has 2 aromatic rings. The van der Waals surface area contributed by atoms with Gasteiger partial charge in [-0.1, -0.05) is 29.8 Å². The van der Waals surface area contributed by atoms with Crippen molar-refractivity contribution >= 4 is 17.5 Å². The molecule has 2 amide bonds. The van der Waals surface area contributed by atoms with Gasteiger partial charge in [0.1, 0.15) is 0 Å². The van der Waals surface area contributed by atoms with E-state index in [1.54, 1.807) is 12.1 Å². The van der Waals surface area contributed by atoms with Crippen molar-refractivity contribution in [3.05, 3.63) is 65.2 Å². The van der Waals surface area contributed by atoms with Crippen LogP contribution in [0.25, 0.3) is 0 Å². The van der Waals surface area contributed by atoms with E-state index in [0.717, 1.165) is 11.3 Å². The molecule has 0 radical (unpaired) electrons. The van der Waals surface area contributed by atoms with Gasteiger partial charge in [0.15, 0.2) is 0 Å². The fourth-order valence-corrected chi connectivity index (χ4v) is 2.17. The molecule has 2 aromatic carbocycles. The van der Waals surface area contributed by atoms with E-state index in [1.807, 2.05) is 24.3 Å². The minimum atomic E-state index is -0.140. The summed E-state index contributed by atoms with van der Waals surface area (Å²) in [6.45, 7) is 5.05. The van der Waals surface area contributed by atoms with Crippen molar-refractivity contribution < 1.29 is 9.59 Å². The molecule has 2 rings (SSSR count). The van der Waals surface area contributed by atoms with Gasteiger partial charge in [-0.2, -0.15) is 0 Å². The number of amides is 2. The lowest BCUT2D eigenvalue weighted by Crippen LogP contribution is -2.33. The largest absolute Gasteiger partial charge is 0.381 e. The van der Waals surface area contributed by atoms with Gasteiger partial charge in [0, 0.05) is 37.8 Å². The van der Waals surface area contributed by atoms with Crippen molar-refractivity contribution in [1.29, 1.82) is 0 Å². The van der Waals surface area contributed by atoms with Crippen LogP contribution in [0.4, 0.5) is 5.69 Å². The van der Waals surface area contributed by atoms with Crippen molar-refractivity contribution in [2.75, 3.05) is 18.4 Å². The van der Waals surface area contributed by atoms with Gasteiger partial charge in [-0.3, -0.25) is 9.59 Å². The number of anilines is 1. The molecule has 5 nitrogen and oxygen atoms in total. The Bertz CT molecular complexity index is 679. The zero-order valence-electron chi connectivity index (χ0n) is 14.1. The zero-order valence-corrected chi connectivity index (χ0v) is 14.1. The van der Waals surface area contributed by atoms with Gasteiger partial charge in [-0.15, -0.1) is 0 Å². The van der Waals surface area contributed by atoms with E-state index < -0.39 is 0 Å². The molecule has 0 saturated heterocycles. The molecule has 5 heteroatoms. The first-order chi connectivity index (χ1) is 11.5. The number of aryl methyl sites for hydroxylation is 1. The van der Waals surface area contributed by atoms with Gasteiger partial charge in [0.05, 0.1) is 0 Å². The Labute approximate surface area is 142 Å². The van der Waals surface area contributed by atoms with Crippen LogP contribution >= 0.6 is 0 Å².